The van der Waals surface area contributed by atoms with Crippen LogP contribution in [-0.4, -0.2) is 41.0 Å². The van der Waals surface area contributed by atoms with Gasteiger partial charge in [-0.1, -0.05) is 18.2 Å². The summed E-state index contributed by atoms with van der Waals surface area (Å²) >= 11 is 1.40. The second-order valence-corrected chi connectivity index (χ2v) is 7.28. The Morgan fingerprint density at radius 2 is 1.96 bits per heavy atom. The van der Waals surface area contributed by atoms with E-state index < -0.39 is 12.0 Å². The van der Waals surface area contributed by atoms with Gasteiger partial charge in [0.1, 0.15) is 6.04 Å². The molecule has 23 heavy (non-hydrogen) atoms. The first-order valence-electron chi connectivity index (χ1n) is 7.53. The van der Waals surface area contributed by atoms with Gasteiger partial charge in [-0.3, -0.25) is 4.79 Å². The van der Waals surface area contributed by atoms with Crippen LogP contribution in [0.15, 0.2) is 29.2 Å². The molecule has 0 saturated carbocycles. The quantitative estimate of drug-likeness (QED) is 0.712. The normalized spacial score (nSPS) is 12.7. The van der Waals surface area contributed by atoms with Crippen molar-refractivity contribution in [3.8, 4) is 0 Å². The van der Waals surface area contributed by atoms with Gasteiger partial charge in [-0.15, -0.1) is 11.8 Å². The molecule has 0 radical (unpaired) electrons. The van der Waals surface area contributed by atoms with E-state index in [1.54, 1.807) is 0 Å². The Morgan fingerprint density at radius 3 is 2.52 bits per heavy atom. The predicted molar refractivity (Wildman–Crippen MR) is 91.8 cm³/mol. The maximum Gasteiger partial charge on any atom is 0.326 e. The van der Waals surface area contributed by atoms with Gasteiger partial charge in [-0.25, -0.2) is 4.79 Å². The molecule has 0 aliphatic rings. The fourth-order valence-corrected chi connectivity index (χ4v) is 2.68. The van der Waals surface area contributed by atoms with Crippen molar-refractivity contribution in [1.29, 1.82) is 0 Å². The van der Waals surface area contributed by atoms with Crippen LogP contribution in [-0.2, 0) is 14.3 Å². The van der Waals surface area contributed by atoms with E-state index in [1.165, 1.54) is 11.8 Å². The lowest BCUT2D eigenvalue weighted by Gasteiger charge is -2.21. The van der Waals surface area contributed by atoms with Crippen molar-refractivity contribution in [2.45, 2.75) is 50.7 Å². The molecule has 1 aromatic carbocycles. The van der Waals surface area contributed by atoms with Crippen LogP contribution in [0.4, 0.5) is 0 Å². The second kappa shape index (κ2) is 8.93. The molecule has 0 aromatic heterocycles. The first-order chi connectivity index (χ1) is 10.7. The predicted octanol–water partition coefficient (Wildman–Crippen LogP) is 2.86. The lowest BCUT2D eigenvalue weighted by Crippen LogP contribution is -2.42. The number of carbonyl (C=O) groups excluding carboxylic acids is 1. The Hall–Kier alpha value is -1.53. The molecule has 0 fully saturated rings. The number of carboxylic acids is 1. The minimum absolute atomic E-state index is 0.189. The summed E-state index contributed by atoms with van der Waals surface area (Å²) in [6.45, 7) is 7.97. The van der Waals surface area contributed by atoms with Gasteiger partial charge in [0.25, 0.3) is 0 Å². The van der Waals surface area contributed by atoms with Gasteiger partial charge in [-0.2, -0.15) is 0 Å². The Balaban J connectivity index is 2.45. The van der Waals surface area contributed by atoms with Gasteiger partial charge < -0.3 is 15.2 Å². The Morgan fingerprint density at radius 1 is 1.30 bits per heavy atom. The lowest BCUT2D eigenvalue weighted by atomic mass is 10.2. The average Bonchev–Trinajstić information content (AvgIpc) is 2.44. The van der Waals surface area contributed by atoms with E-state index in [4.69, 9.17) is 4.74 Å². The van der Waals surface area contributed by atoms with E-state index in [9.17, 15) is 14.7 Å². The van der Waals surface area contributed by atoms with Crippen LogP contribution in [0.1, 0.15) is 32.8 Å². The number of thioether (sulfide) groups is 1. The Labute approximate surface area is 141 Å². The zero-order valence-corrected chi connectivity index (χ0v) is 14.9. The summed E-state index contributed by atoms with van der Waals surface area (Å²) in [4.78, 5) is 24.2. The van der Waals surface area contributed by atoms with Crippen molar-refractivity contribution in [3.05, 3.63) is 29.8 Å². The van der Waals surface area contributed by atoms with Crippen LogP contribution in [0, 0.1) is 6.92 Å². The average molecular weight is 339 g/mol. The molecule has 1 amide bonds. The van der Waals surface area contributed by atoms with Gasteiger partial charge in [0, 0.05) is 17.9 Å². The van der Waals surface area contributed by atoms with E-state index in [-0.39, 0.29) is 30.3 Å². The fraction of sp³-hybridized carbons (Fsp3) is 0.529. The van der Waals surface area contributed by atoms with Crippen molar-refractivity contribution in [1.82, 2.24) is 5.32 Å². The van der Waals surface area contributed by atoms with Gasteiger partial charge in [0.15, 0.2) is 0 Å². The van der Waals surface area contributed by atoms with Crippen LogP contribution < -0.4 is 5.32 Å². The highest BCUT2D eigenvalue weighted by atomic mass is 32.2. The van der Waals surface area contributed by atoms with Crippen LogP contribution >= 0.6 is 11.8 Å². The Bertz CT molecular complexity index is 540. The minimum atomic E-state index is -1.04. The zero-order valence-electron chi connectivity index (χ0n) is 14.1. The number of rotatable bonds is 8. The Kier molecular flexibility index (Phi) is 7.58. The number of carbonyl (C=O) groups is 2. The van der Waals surface area contributed by atoms with E-state index in [1.807, 2.05) is 52.0 Å². The smallest absolute Gasteiger partial charge is 0.326 e. The topological polar surface area (TPSA) is 75.6 Å². The van der Waals surface area contributed by atoms with Gasteiger partial charge in [0.2, 0.25) is 5.91 Å². The second-order valence-electron chi connectivity index (χ2n) is 6.26. The van der Waals surface area contributed by atoms with E-state index >= 15 is 0 Å². The number of aliphatic carboxylic acids is 1. The third-order valence-electron chi connectivity index (χ3n) is 3.03. The van der Waals surface area contributed by atoms with Crippen molar-refractivity contribution >= 4 is 23.6 Å². The first-order valence-corrected chi connectivity index (χ1v) is 8.52. The molecular weight excluding hydrogens is 314 g/mol. The fourth-order valence-electron chi connectivity index (χ4n) is 1.84. The summed E-state index contributed by atoms with van der Waals surface area (Å²) < 4.78 is 5.52. The molecule has 0 spiro atoms. The molecule has 128 valence electrons. The van der Waals surface area contributed by atoms with Crippen molar-refractivity contribution in [2.24, 2.45) is 0 Å². The van der Waals surface area contributed by atoms with Crippen molar-refractivity contribution < 1.29 is 19.4 Å². The molecule has 0 saturated heterocycles. The third-order valence-corrected chi connectivity index (χ3v) is 4.20. The lowest BCUT2D eigenvalue weighted by molar-refractivity contribution is -0.142. The minimum Gasteiger partial charge on any atom is -0.480 e. The maximum absolute atomic E-state index is 12.0. The number of carboxylic acid groups (broad SMARTS) is 1. The molecule has 1 unspecified atom stereocenters. The van der Waals surface area contributed by atoms with Crippen LogP contribution in [0.3, 0.4) is 0 Å². The van der Waals surface area contributed by atoms with E-state index in [2.05, 4.69) is 5.32 Å². The largest absolute Gasteiger partial charge is 0.480 e. The SMILES string of the molecule is Cc1ccccc1SCC(=O)NC(CCOC(C)(C)C)C(=O)O. The zero-order chi connectivity index (χ0) is 17.5. The molecule has 0 aliphatic heterocycles. The summed E-state index contributed by atoms with van der Waals surface area (Å²) in [5.74, 6) is -1.15. The summed E-state index contributed by atoms with van der Waals surface area (Å²) in [6, 6.07) is 6.84. The van der Waals surface area contributed by atoms with Crippen molar-refractivity contribution in [2.75, 3.05) is 12.4 Å². The van der Waals surface area contributed by atoms with E-state index in [0.717, 1.165) is 10.5 Å². The highest BCUT2D eigenvalue weighted by Gasteiger charge is 2.21. The number of aryl methyl sites for hydroxylation is 1. The molecule has 0 aliphatic carbocycles. The molecule has 0 bridgehead atoms. The van der Waals surface area contributed by atoms with Crippen LogP contribution in [0.25, 0.3) is 0 Å². The number of nitrogens with one attached hydrogen (secondary N) is 1. The first kappa shape index (κ1) is 19.5. The maximum atomic E-state index is 12.0. The summed E-state index contributed by atoms with van der Waals surface area (Å²) in [5.41, 5.74) is 0.770. The standard InChI is InChI=1S/C17H25NO4S/c1-12-7-5-6-8-14(12)23-11-15(19)18-13(16(20)21)9-10-22-17(2,3)4/h5-8,13H,9-11H2,1-4H3,(H,18,19)(H,20,21). The monoisotopic (exact) mass is 339 g/mol. The van der Waals surface area contributed by atoms with Crippen LogP contribution in [0.2, 0.25) is 0 Å². The molecule has 0 heterocycles. The highest BCUT2D eigenvalue weighted by molar-refractivity contribution is 8.00. The van der Waals surface area contributed by atoms with Crippen molar-refractivity contribution in [3.63, 3.8) is 0 Å². The van der Waals surface area contributed by atoms with Gasteiger partial charge in [0.05, 0.1) is 11.4 Å². The molecule has 6 heteroatoms. The summed E-state index contributed by atoms with van der Waals surface area (Å²) in [5, 5.41) is 11.8. The van der Waals surface area contributed by atoms with Gasteiger partial charge in [-0.05, 0) is 39.3 Å². The summed E-state index contributed by atoms with van der Waals surface area (Å²) in [7, 11) is 0. The number of hydrogen-bond donors (Lipinski definition) is 2. The van der Waals surface area contributed by atoms with E-state index in [0.29, 0.717) is 0 Å². The highest BCUT2D eigenvalue weighted by Crippen LogP contribution is 2.21. The molecule has 1 rings (SSSR count). The molecular formula is C17H25NO4S. The molecule has 2 N–H and O–H groups in total. The van der Waals surface area contributed by atoms with Gasteiger partial charge >= 0.3 is 5.97 Å². The molecule has 1 atom stereocenters. The summed E-state index contributed by atoms with van der Waals surface area (Å²) in [6.07, 6.45) is 0.243. The number of benzene rings is 1. The van der Waals surface area contributed by atoms with Crippen LogP contribution in [0.5, 0.6) is 0 Å². The molecule has 5 nitrogen and oxygen atoms in total. The number of amides is 1. The molecule has 1 aromatic rings. The third kappa shape index (κ3) is 8.04. The number of hydrogen-bond acceptors (Lipinski definition) is 4. The number of ether oxygens (including phenoxy) is 1.